The Kier molecular flexibility index (Phi) is 9.95. The van der Waals surface area contributed by atoms with Gasteiger partial charge in [-0.2, -0.15) is 5.10 Å². The summed E-state index contributed by atoms with van der Waals surface area (Å²) in [5.74, 6) is -0.184. The van der Waals surface area contributed by atoms with Gasteiger partial charge in [0.25, 0.3) is 15.7 Å². The highest BCUT2D eigenvalue weighted by molar-refractivity contribution is 7.93. The van der Waals surface area contributed by atoms with E-state index in [0.29, 0.717) is 17.7 Å². The van der Waals surface area contributed by atoms with Crippen LogP contribution in [0.15, 0.2) is 108 Å². The van der Waals surface area contributed by atoms with Crippen molar-refractivity contribution in [2.75, 3.05) is 11.4 Å². The molecule has 1 aromatic heterocycles. The van der Waals surface area contributed by atoms with Crippen LogP contribution in [-0.4, -0.2) is 36.2 Å². The number of halogens is 1. The Morgan fingerprint density at radius 2 is 1.62 bits per heavy atom. The molecule has 0 N–H and O–H groups in total. The van der Waals surface area contributed by atoms with Gasteiger partial charge in [0.2, 0.25) is 0 Å². The molecule has 5 rings (SSSR count). The lowest BCUT2D eigenvalue weighted by Crippen LogP contribution is -2.31. The van der Waals surface area contributed by atoms with Gasteiger partial charge in [0.15, 0.2) is 4.90 Å². The molecule has 0 bridgehead atoms. The molecule has 1 heterocycles. The number of ether oxygens (including phenoxy) is 2. The maximum absolute atomic E-state index is 14.0. The van der Waals surface area contributed by atoms with Gasteiger partial charge in [0, 0.05) is 30.7 Å². The minimum atomic E-state index is -4.40. The molecule has 4 aromatic carbocycles. The van der Waals surface area contributed by atoms with E-state index in [4.69, 9.17) is 9.47 Å². The van der Waals surface area contributed by atoms with Gasteiger partial charge in [-0.15, -0.1) is 0 Å². The van der Waals surface area contributed by atoms with Crippen LogP contribution in [0.4, 0.5) is 15.8 Å². The number of hydrogen-bond donors (Lipinski definition) is 0. The third kappa shape index (κ3) is 7.64. The smallest absolute Gasteiger partial charge is 0.305 e. The monoisotopic (exact) mass is 658 g/mol. The fourth-order valence-electron chi connectivity index (χ4n) is 5.02. The van der Waals surface area contributed by atoms with Gasteiger partial charge in [-0.05, 0) is 72.1 Å². The summed E-state index contributed by atoms with van der Waals surface area (Å²) in [6.07, 6.45) is 2.24. The third-order valence-corrected chi connectivity index (χ3v) is 9.30. The number of anilines is 1. The van der Waals surface area contributed by atoms with E-state index in [1.165, 1.54) is 37.4 Å². The summed E-state index contributed by atoms with van der Waals surface area (Å²) in [7, 11) is -1.31. The number of methoxy groups -OCH3 is 1. The highest BCUT2D eigenvalue weighted by Gasteiger charge is 2.32. The molecule has 0 saturated carbocycles. The number of aryl methyl sites for hydroxylation is 2. The topological polar surface area (TPSA) is 134 Å². The molecule has 0 radical (unpaired) electrons. The summed E-state index contributed by atoms with van der Waals surface area (Å²) in [5.41, 5.74) is 3.51. The zero-order chi connectivity index (χ0) is 33.6. The number of nitro benzene ring substituents is 1. The summed E-state index contributed by atoms with van der Waals surface area (Å²) >= 11 is 0. The van der Waals surface area contributed by atoms with Gasteiger partial charge in [-0.3, -0.25) is 23.9 Å². The number of sulfonamides is 1. The average molecular weight is 659 g/mol. The van der Waals surface area contributed by atoms with Crippen LogP contribution in [0.25, 0.3) is 11.3 Å². The molecule has 5 aromatic rings. The van der Waals surface area contributed by atoms with Crippen LogP contribution < -0.4 is 9.04 Å². The zero-order valence-corrected chi connectivity index (χ0v) is 26.4. The summed E-state index contributed by atoms with van der Waals surface area (Å²) in [4.78, 5) is 22.2. The van der Waals surface area contributed by atoms with E-state index < -0.39 is 25.5 Å². The molecule has 0 aliphatic heterocycles. The van der Waals surface area contributed by atoms with E-state index in [0.717, 1.165) is 32.8 Å². The lowest BCUT2D eigenvalue weighted by atomic mass is 10.1. The third-order valence-electron chi connectivity index (χ3n) is 7.48. The van der Waals surface area contributed by atoms with Crippen molar-refractivity contribution in [1.82, 2.24) is 9.78 Å². The molecule has 0 fully saturated rings. The fraction of sp³-hybridized carbons (Fsp3) is 0.176. The number of rotatable bonds is 13. The molecule has 0 atom stereocenters. The number of para-hydroxylation sites is 1. The molecule has 0 unspecified atom stereocenters. The summed E-state index contributed by atoms with van der Waals surface area (Å²) < 4.78 is 55.0. The highest BCUT2D eigenvalue weighted by atomic mass is 32.2. The van der Waals surface area contributed by atoms with Crippen LogP contribution in [-0.2, 0) is 46.2 Å². The normalized spacial score (nSPS) is 11.2. The van der Waals surface area contributed by atoms with Crippen LogP contribution in [0.2, 0.25) is 0 Å². The minimum Gasteiger partial charge on any atom is -0.489 e. The minimum absolute atomic E-state index is 0.131. The highest BCUT2D eigenvalue weighted by Crippen LogP contribution is 2.32. The Labute approximate surface area is 271 Å². The summed E-state index contributed by atoms with van der Waals surface area (Å²) in [6, 6.07) is 24.7. The van der Waals surface area contributed by atoms with Crippen molar-refractivity contribution in [3.8, 4) is 17.0 Å². The Morgan fingerprint density at radius 3 is 2.28 bits per heavy atom. The first kappa shape index (κ1) is 32.8. The van der Waals surface area contributed by atoms with Crippen LogP contribution >= 0.6 is 0 Å². The number of nitro groups is 1. The van der Waals surface area contributed by atoms with Crippen LogP contribution in [0.5, 0.6) is 5.75 Å². The van der Waals surface area contributed by atoms with Crippen LogP contribution in [0.1, 0.15) is 23.1 Å². The molecule has 47 heavy (non-hydrogen) atoms. The summed E-state index contributed by atoms with van der Waals surface area (Å²) in [5, 5.41) is 16.1. The Hall–Kier alpha value is -5.56. The predicted molar refractivity (Wildman–Crippen MR) is 173 cm³/mol. The second kappa shape index (κ2) is 14.3. The number of aromatic nitrogens is 2. The Balaban J connectivity index is 1.38. The maximum atomic E-state index is 14.0. The number of benzene rings is 4. The fourth-order valence-corrected chi connectivity index (χ4v) is 6.64. The number of carbonyl (C=O) groups excluding carboxylic acids is 1. The van der Waals surface area contributed by atoms with Crippen molar-refractivity contribution >= 4 is 27.4 Å². The molecule has 0 saturated heterocycles. The zero-order valence-electron chi connectivity index (χ0n) is 25.6. The van der Waals surface area contributed by atoms with E-state index in [1.54, 1.807) is 78.6 Å². The van der Waals surface area contributed by atoms with Gasteiger partial charge < -0.3 is 9.47 Å². The predicted octanol–water partition coefficient (Wildman–Crippen LogP) is 6.21. The molecular weight excluding hydrogens is 627 g/mol. The van der Waals surface area contributed by atoms with E-state index >= 15 is 0 Å². The van der Waals surface area contributed by atoms with Gasteiger partial charge in [0.05, 0.1) is 36.2 Å². The van der Waals surface area contributed by atoms with Crippen molar-refractivity contribution in [1.29, 1.82) is 0 Å². The molecule has 11 nitrogen and oxygen atoms in total. The SMILES string of the molecule is COC(=O)CCc1ccc(N(Cc2ccc(OCc3cnn(C)c3-c3ccc(F)cc3)cc2)S(=O)(=O)c2ccccc2[N+](=O)[O-])cc1. The Bertz CT molecular complexity index is 1980. The quantitative estimate of drug-likeness (QED) is 0.0828. The first-order chi connectivity index (χ1) is 22.6. The van der Waals surface area contributed by atoms with Crippen molar-refractivity contribution < 1.29 is 32.0 Å². The molecule has 242 valence electrons. The van der Waals surface area contributed by atoms with E-state index in [-0.39, 0.29) is 37.0 Å². The number of hydrogen-bond acceptors (Lipinski definition) is 8. The van der Waals surface area contributed by atoms with E-state index in [9.17, 15) is 27.7 Å². The van der Waals surface area contributed by atoms with Crippen molar-refractivity contribution in [3.63, 3.8) is 0 Å². The van der Waals surface area contributed by atoms with Gasteiger partial charge >= 0.3 is 5.97 Å². The van der Waals surface area contributed by atoms with Crippen molar-refractivity contribution in [2.45, 2.75) is 30.9 Å². The lowest BCUT2D eigenvalue weighted by molar-refractivity contribution is -0.387. The van der Waals surface area contributed by atoms with Crippen LogP contribution in [0, 0.1) is 15.9 Å². The molecule has 0 amide bonds. The van der Waals surface area contributed by atoms with Gasteiger partial charge in [-0.25, -0.2) is 12.8 Å². The standard InChI is InChI=1S/C34H31FN4O7S/c1-37-34(26-12-14-28(35)15-13-26)27(21-36-37)23-46-30-18-9-25(10-19-30)22-38(29-16-7-24(8-17-29)11-20-33(40)45-2)47(43,44)32-6-4-3-5-31(32)39(41)42/h3-10,12-19,21H,11,20,22-23H2,1-2H3. The molecule has 0 aliphatic rings. The second-order valence-corrected chi connectivity index (χ2v) is 12.4. The summed E-state index contributed by atoms with van der Waals surface area (Å²) in [6.45, 7) is 0.0495. The van der Waals surface area contributed by atoms with E-state index in [1.807, 2.05) is 0 Å². The number of esters is 1. The largest absolute Gasteiger partial charge is 0.489 e. The molecule has 0 aliphatic carbocycles. The van der Waals surface area contributed by atoms with Crippen molar-refractivity contribution in [3.05, 3.63) is 136 Å². The van der Waals surface area contributed by atoms with Crippen LogP contribution in [0.3, 0.4) is 0 Å². The number of carbonyl (C=O) groups is 1. The molecule has 0 spiro atoms. The Morgan fingerprint density at radius 1 is 0.957 bits per heavy atom. The van der Waals surface area contributed by atoms with Crippen molar-refractivity contribution in [2.24, 2.45) is 7.05 Å². The second-order valence-electron chi connectivity index (χ2n) is 10.6. The first-order valence-electron chi connectivity index (χ1n) is 14.5. The lowest BCUT2D eigenvalue weighted by Gasteiger charge is -2.25. The maximum Gasteiger partial charge on any atom is 0.305 e. The number of nitrogens with zero attached hydrogens (tertiary/aromatic N) is 4. The van der Waals surface area contributed by atoms with E-state index in [2.05, 4.69) is 5.10 Å². The molecular formula is C34H31FN4O7S. The van der Waals surface area contributed by atoms with Gasteiger partial charge in [0.1, 0.15) is 18.2 Å². The average Bonchev–Trinajstić information content (AvgIpc) is 3.45. The first-order valence-corrected chi connectivity index (χ1v) is 15.9. The molecule has 13 heteroatoms. The van der Waals surface area contributed by atoms with Gasteiger partial charge in [-0.1, -0.05) is 36.4 Å².